The molecule has 0 bridgehead atoms. The van der Waals surface area contributed by atoms with Gasteiger partial charge in [0, 0.05) is 0 Å². The van der Waals surface area contributed by atoms with E-state index in [1.807, 2.05) is 0 Å². The minimum Gasteiger partial charge on any atom is -0.497 e. The number of nitrogens with one attached hydrogen (secondary N) is 1. The number of rotatable bonds is 5. The quantitative estimate of drug-likeness (QED) is 0.861. The second-order valence-corrected chi connectivity index (χ2v) is 4.84. The van der Waals surface area contributed by atoms with Crippen molar-refractivity contribution in [3.8, 4) is 5.75 Å². The number of benzene rings is 2. The lowest BCUT2D eigenvalue weighted by Crippen LogP contribution is -2.21. The van der Waals surface area contributed by atoms with Gasteiger partial charge in [-0.15, -0.1) is 0 Å². The van der Waals surface area contributed by atoms with Crippen LogP contribution < -0.4 is 10.1 Å². The zero-order valence-corrected chi connectivity index (χ0v) is 12.8. The zero-order valence-electron chi connectivity index (χ0n) is 12.8. The van der Waals surface area contributed by atoms with Gasteiger partial charge in [-0.05, 0) is 42.8 Å². The third kappa shape index (κ3) is 4.54. The fourth-order valence-corrected chi connectivity index (χ4v) is 1.89. The molecule has 1 N–H and O–H groups in total. The predicted octanol–water partition coefficient (Wildman–Crippen LogP) is 2.94. The Bertz CT molecular complexity index is 730. The number of methoxy groups -OCH3 is 1. The van der Waals surface area contributed by atoms with Gasteiger partial charge in [0.05, 0.1) is 18.4 Å². The molecule has 0 aliphatic heterocycles. The Morgan fingerprint density at radius 1 is 1.17 bits per heavy atom. The van der Waals surface area contributed by atoms with Crippen LogP contribution in [-0.2, 0) is 9.53 Å². The minimum absolute atomic E-state index is 0.0485. The number of hydrogen-bond acceptors (Lipinski definition) is 4. The predicted molar refractivity (Wildman–Crippen MR) is 83.0 cm³/mol. The van der Waals surface area contributed by atoms with Crippen molar-refractivity contribution in [3.63, 3.8) is 0 Å². The molecule has 2 rings (SSSR count). The number of aryl methyl sites for hydroxylation is 1. The molecule has 0 spiro atoms. The van der Waals surface area contributed by atoms with Crippen LogP contribution in [0.4, 0.5) is 10.1 Å². The third-order valence-electron chi connectivity index (χ3n) is 3.04. The van der Waals surface area contributed by atoms with Crippen LogP contribution in [0.25, 0.3) is 0 Å². The lowest BCUT2D eigenvalue weighted by Gasteiger charge is -2.08. The number of halogens is 1. The van der Waals surface area contributed by atoms with Crippen LogP contribution in [0.1, 0.15) is 15.9 Å². The van der Waals surface area contributed by atoms with Crippen molar-refractivity contribution < 1.29 is 23.5 Å². The summed E-state index contributed by atoms with van der Waals surface area (Å²) in [5.41, 5.74) is 1.11. The van der Waals surface area contributed by atoms with Crippen LogP contribution in [0.5, 0.6) is 5.75 Å². The highest BCUT2D eigenvalue weighted by molar-refractivity contribution is 5.95. The van der Waals surface area contributed by atoms with Gasteiger partial charge in [0.15, 0.2) is 6.61 Å². The van der Waals surface area contributed by atoms with Gasteiger partial charge in [-0.1, -0.05) is 12.1 Å². The number of esters is 1. The van der Waals surface area contributed by atoms with Gasteiger partial charge in [0.25, 0.3) is 5.91 Å². The molecular formula is C17H16FNO4. The lowest BCUT2D eigenvalue weighted by molar-refractivity contribution is -0.119. The monoisotopic (exact) mass is 317 g/mol. The number of hydrogen-bond donors (Lipinski definition) is 1. The van der Waals surface area contributed by atoms with Crippen molar-refractivity contribution in [2.24, 2.45) is 0 Å². The maximum Gasteiger partial charge on any atom is 0.338 e. The summed E-state index contributed by atoms with van der Waals surface area (Å²) in [6, 6.07) is 10.7. The molecule has 23 heavy (non-hydrogen) atoms. The van der Waals surface area contributed by atoms with E-state index in [1.54, 1.807) is 31.2 Å². The van der Waals surface area contributed by atoms with Crippen LogP contribution >= 0.6 is 0 Å². The topological polar surface area (TPSA) is 64.6 Å². The number of ether oxygens (including phenoxy) is 2. The van der Waals surface area contributed by atoms with E-state index >= 15 is 0 Å². The first-order chi connectivity index (χ1) is 11.0. The van der Waals surface area contributed by atoms with Crippen molar-refractivity contribution in [2.75, 3.05) is 19.0 Å². The smallest absolute Gasteiger partial charge is 0.338 e. The second-order valence-electron chi connectivity index (χ2n) is 4.84. The number of carbonyl (C=O) groups excluding carboxylic acids is 2. The summed E-state index contributed by atoms with van der Waals surface area (Å²) in [4.78, 5) is 23.6. The van der Waals surface area contributed by atoms with Crippen LogP contribution in [-0.4, -0.2) is 25.6 Å². The lowest BCUT2D eigenvalue weighted by atomic mass is 10.2. The van der Waals surface area contributed by atoms with Crippen molar-refractivity contribution in [3.05, 3.63) is 59.4 Å². The third-order valence-corrected chi connectivity index (χ3v) is 3.04. The number of carbonyl (C=O) groups is 2. The minimum atomic E-state index is -0.663. The summed E-state index contributed by atoms with van der Waals surface area (Å²) in [5.74, 6) is -1.33. The van der Waals surface area contributed by atoms with E-state index in [9.17, 15) is 14.0 Å². The highest BCUT2D eigenvalue weighted by Crippen LogP contribution is 2.16. The van der Waals surface area contributed by atoms with Gasteiger partial charge >= 0.3 is 5.97 Å². The zero-order chi connectivity index (χ0) is 16.8. The van der Waals surface area contributed by atoms with E-state index in [4.69, 9.17) is 9.47 Å². The summed E-state index contributed by atoms with van der Waals surface area (Å²) < 4.78 is 23.4. The Hall–Kier alpha value is -2.89. The molecule has 0 saturated carbocycles. The Balaban J connectivity index is 1.93. The van der Waals surface area contributed by atoms with Crippen LogP contribution in [0.3, 0.4) is 0 Å². The van der Waals surface area contributed by atoms with Gasteiger partial charge < -0.3 is 14.8 Å². The molecule has 5 nitrogen and oxygen atoms in total. The number of amides is 1. The molecular weight excluding hydrogens is 301 g/mol. The van der Waals surface area contributed by atoms with Crippen molar-refractivity contribution >= 4 is 17.6 Å². The van der Waals surface area contributed by atoms with Gasteiger partial charge in [-0.2, -0.15) is 0 Å². The molecule has 0 heterocycles. The second kappa shape index (κ2) is 7.40. The van der Waals surface area contributed by atoms with E-state index in [1.165, 1.54) is 25.3 Å². The van der Waals surface area contributed by atoms with Gasteiger partial charge in [0.2, 0.25) is 0 Å². The van der Waals surface area contributed by atoms with E-state index < -0.39 is 24.3 Å². The summed E-state index contributed by atoms with van der Waals surface area (Å²) in [6.45, 7) is 1.27. The number of anilines is 1. The first-order valence-electron chi connectivity index (χ1n) is 6.87. The molecule has 0 radical (unpaired) electrons. The molecule has 2 aromatic rings. The Kier molecular flexibility index (Phi) is 5.30. The summed E-state index contributed by atoms with van der Waals surface area (Å²) >= 11 is 0. The summed E-state index contributed by atoms with van der Waals surface area (Å²) in [6.07, 6.45) is 0. The molecule has 0 fully saturated rings. The van der Waals surface area contributed by atoms with E-state index in [2.05, 4.69) is 5.32 Å². The summed E-state index contributed by atoms with van der Waals surface area (Å²) in [7, 11) is 1.48. The first-order valence-corrected chi connectivity index (χ1v) is 6.87. The van der Waals surface area contributed by atoms with Crippen LogP contribution in [0, 0.1) is 12.7 Å². The average molecular weight is 317 g/mol. The maximum absolute atomic E-state index is 13.5. The fourth-order valence-electron chi connectivity index (χ4n) is 1.89. The molecule has 6 heteroatoms. The van der Waals surface area contributed by atoms with Crippen molar-refractivity contribution in [2.45, 2.75) is 6.92 Å². The molecule has 1 amide bonds. The van der Waals surface area contributed by atoms with Crippen molar-refractivity contribution in [1.29, 1.82) is 0 Å². The first kappa shape index (κ1) is 16.5. The van der Waals surface area contributed by atoms with Gasteiger partial charge in [-0.3, -0.25) is 4.79 Å². The standard InChI is InChI=1S/C17H16FNO4/c1-11-6-7-14(18)15(8-11)19-16(20)10-23-17(21)12-4-3-5-13(9-12)22-2/h3-9H,10H2,1-2H3,(H,19,20). The van der Waals surface area contributed by atoms with Crippen molar-refractivity contribution in [1.82, 2.24) is 0 Å². The van der Waals surface area contributed by atoms with Gasteiger partial charge in [0.1, 0.15) is 11.6 Å². The molecule has 0 aliphatic rings. The fraction of sp³-hybridized carbons (Fsp3) is 0.176. The Labute approximate surface area is 133 Å². The Morgan fingerprint density at radius 3 is 2.70 bits per heavy atom. The van der Waals surface area contributed by atoms with E-state index in [0.717, 1.165) is 5.56 Å². The molecule has 120 valence electrons. The average Bonchev–Trinajstić information content (AvgIpc) is 2.56. The molecule has 0 atom stereocenters. The normalized spacial score (nSPS) is 10.0. The van der Waals surface area contributed by atoms with Crippen LogP contribution in [0.15, 0.2) is 42.5 Å². The largest absolute Gasteiger partial charge is 0.497 e. The molecule has 0 aromatic heterocycles. The highest BCUT2D eigenvalue weighted by Gasteiger charge is 2.12. The molecule has 0 unspecified atom stereocenters. The molecule has 2 aromatic carbocycles. The Morgan fingerprint density at radius 2 is 1.96 bits per heavy atom. The van der Waals surface area contributed by atoms with Crippen LogP contribution in [0.2, 0.25) is 0 Å². The van der Waals surface area contributed by atoms with E-state index in [0.29, 0.717) is 5.75 Å². The van der Waals surface area contributed by atoms with E-state index in [-0.39, 0.29) is 11.3 Å². The maximum atomic E-state index is 13.5. The highest BCUT2D eigenvalue weighted by atomic mass is 19.1. The van der Waals surface area contributed by atoms with Gasteiger partial charge in [-0.25, -0.2) is 9.18 Å². The SMILES string of the molecule is COc1cccc(C(=O)OCC(=O)Nc2cc(C)ccc2F)c1. The molecule has 0 aliphatic carbocycles. The molecule has 0 saturated heterocycles. The summed E-state index contributed by atoms with van der Waals surface area (Å²) in [5, 5.41) is 2.36.